The highest BCUT2D eigenvalue weighted by molar-refractivity contribution is 5.70. The molecule has 1 N–H and O–H groups in total. The van der Waals surface area contributed by atoms with E-state index in [1.165, 1.54) is 0 Å². The smallest absolute Gasteiger partial charge is 0.308 e. The van der Waals surface area contributed by atoms with Gasteiger partial charge in [-0.05, 0) is 19.3 Å². The average molecular weight is 250 g/mol. The van der Waals surface area contributed by atoms with Crippen molar-refractivity contribution in [2.24, 2.45) is 5.92 Å². The summed E-state index contributed by atoms with van der Waals surface area (Å²) in [7, 11) is 0. The molecular formula is C14H22N2O2. The van der Waals surface area contributed by atoms with Gasteiger partial charge < -0.3 is 9.67 Å². The molecule has 1 aromatic rings. The van der Waals surface area contributed by atoms with E-state index in [9.17, 15) is 9.90 Å². The Morgan fingerprint density at radius 1 is 1.44 bits per heavy atom. The van der Waals surface area contributed by atoms with Gasteiger partial charge in [-0.15, -0.1) is 0 Å². The Labute approximate surface area is 108 Å². The van der Waals surface area contributed by atoms with Crippen molar-refractivity contribution in [2.45, 2.75) is 57.9 Å². The van der Waals surface area contributed by atoms with Crippen molar-refractivity contribution in [1.82, 2.24) is 9.55 Å². The topological polar surface area (TPSA) is 55.1 Å². The molecule has 2 unspecified atom stereocenters. The third-order valence-electron chi connectivity index (χ3n) is 3.88. The highest BCUT2D eigenvalue weighted by Crippen LogP contribution is 2.33. The fourth-order valence-electron chi connectivity index (χ4n) is 2.97. The van der Waals surface area contributed by atoms with Crippen molar-refractivity contribution < 1.29 is 9.90 Å². The quantitative estimate of drug-likeness (QED) is 0.836. The van der Waals surface area contributed by atoms with Crippen LogP contribution in [0, 0.1) is 5.92 Å². The highest BCUT2D eigenvalue weighted by Gasteiger charge is 2.31. The fraction of sp³-hybridized carbons (Fsp3) is 0.714. The summed E-state index contributed by atoms with van der Waals surface area (Å²) in [4.78, 5) is 15.8. The maximum absolute atomic E-state index is 11.4. The number of aryl methyl sites for hydroxylation is 1. The summed E-state index contributed by atoms with van der Waals surface area (Å²) in [5.41, 5.74) is 0. The molecule has 0 aromatic carbocycles. The van der Waals surface area contributed by atoms with E-state index in [1.807, 2.05) is 6.20 Å². The number of hydrogen-bond acceptors (Lipinski definition) is 2. The zero-order chi connectivity index (χ0) is 13.0. The van der Waals surface area contributed by atoms with E-state index in [-0.39, 0.29) is 12.0 Å². The molecule has 0 radical (unpaired) electrons. The van der Waals surface area contributed by atoms with Crippen molar-refractivity contribution >= 4 is 5.97 Å². The standard InChI is InChI=1S/C14H22N2O2/c1-2-6-13-15-9-10-16(13)12-8-5-3-4-7-11(12)14(17)18/h9-12H,2-8H2,1H3,(H,17,18). The van der Waals surface area contributed by atoms with Gasteiger partial charge in [0.2, 0.25) is 0 Å². The zero-order valence-electron chi connectivity index (χ0n) is 11.0. The molecule has 4 heteroatoms. The normalized spacial score (nSPS) is 24.7. The van der Waals surface area contributed by atoms with Crippen LogP contribution in [-0.2, 0) is 11.2 Å². The fourth-order valence-corrected chi connectivity index (χ4v) is 2.97. The predicted molar refractivity (Wildman–Crippen MR) is 69.5 cm³/mol. The van der Waals surface area contributed by atoms with E-state index >= 15 is 0 Å². The van der Waals surface area contributed by atoms with Crippen LogP contribution in [0.2, 0.25) is 0 Å². The first-order valence-corrected chi connectivity index (χ1v) is 6.98. The third kappa shape index (κ3) is 2.74. The molecule has 1 aliphatic carbocycles. The molecular weight excluding hydrogens is 228 g/mol. The van der Waals surface area contributed by atoms with Crippen molar-refractivity contribution in [3.8, 4) is 0 Å². The first-order chi connectivity index (χ1) is 8.74. The lowest BCUT2D eigenvalue weighted by molar-refractivity contribution is -0.143. The second-order valence-corrected chi connectivity index (χ2v) is 5.15. The third-order valence-corrected chi connectivity index (χ3v) is 3.88. The number of carboxylic acid groups (broad SMARTS) is 1. The Hall–Kier alpha value is -1.32. The number of imidazole rings is 1. The molecule has 2 atom stereocenters. The maximum atomic E-state index is 11.4. The van der Waals surface area contributed by atoms with Crippen LogP contribution in [0.25, 0.3) is 0 Å². The van der Waals surface area contributed by atoms with E-state index in [0.29, 0.717) is 0 Å². The van der Waals surface area contributed by atoms with E-state index in [0.717, 1.165) is 50.8 Å². The average Bonchev–Trinajstić information content (AvgIpc) is 2.65. The van der Waals surface area contributed by atoms with Gasteiger partial charge >= 0.3 is 5.97 Å². The highest BCUT2D eigenvalue weighted by atomic mass is 16.4. The van der Waals surface area contributed by atoms with Gasteiger partial charge in [0.1, 0.15) is 5.82 Å². The van der Waals surface area contributed by atoms with E-state index in [1.54, 1.807) is 6.20 Å². The summed E-state index contributed by atoms with van der Waals surface area (Å²) in [6.45, 7) is 2.13. The zero-order valence-corrected chi connectivity index (χ0v) is 11.0. The van der Waals surface area contributed by atoms with Crippen LogP contribution in [0.1, 0.15) is 57.3 Å². The van der Waals surface area contributed by atoms with Gasteiger partial charge in [-0.25, -0.2) is 4.98 Å². The van der Waals surface area contributed by atoms with Gasteiger partial charge in [0, 0.05) is 24.9 Å². The number of nitrogens with zero attached hydrogens (tertiary/aromatic N) is 2. The van der Waals surface area contributed by atoms with Gasteiger partial charge in [0.15, 0.2) is 0 Å². The van der Waals surface area contributed by atoms with Crippen LogP contribution < -0.4 is 0 Å². The Balaban J connectivity index is 2.26. The first-order valence-electron chi connectivity index (χ1n) is 6.98. The predicted octanol–water partition coefficient (Wildman–Crippen LogP) is 3.04. The molecule has 1 fully saturated rings. The molecule has 0 bridgehead atoms. The summed E-state index contributed by atoms with van der Waals surface area (Å²) in [6.07, 6.45) is 10.8. The molecule has 1 heterocycles. The van der Waals surface area contributed by atoms with Crippen molar-refractivity contribution in [3.05, 3.63) is 18.2 Å². The van der Waals surface area contributed by atoms with Gasteiger partial charge in [-0.3, -0.25) is 4.79 Å². The van der Waals surface area contributed by atoms with Crippen LogP contribution in [0.3, 0.4) is 0 Å². The van der Waals surface area contributed by atoms with Gasteiger partial charge in [-0.2, -0.15) is 0 Å². The maximum Gasteiger partial charge on any atom is 0.308 e. The minimum absolute atomic E-state index is 0.0917. The largest absolute Gasteiger partial charge is 0.481 e. The van der Waals surface area contributed by atoms with Crippen molar-refractivity contribution in [3.63, 3.8) is 0 Å². The van der Waals surface area contributed by atoms with Gasteiger partial charge in [-0.1, -0.05) is 26.2 Å². The van der Waals surface area contributed by atoms with E-state index < -0.39 is 5.97 Å². The molecule has 0 saturated heterocycles. The summed E-state index contributed by atoms with van der Waals surface area (Å²) >= 11 is 0. The minimum atomic E-state index is -0.655. The van der Waals surface area contributed by atoms with Gasteiger partial charge in [0.25, 0.3) is 0 Å². The minimum Gasteiger partial charge on any atom is -0.481 e. The number of aliphatic carboxylic acids is 1. The SMILES string of the molecule is CCCc1nccn1C1CCCCCC1C(=O)O. The second-order valence-electron chi connectivity index (χ2n) is 5.15. The van der Waals surface area contributed by atoms with Crippen LogP contribution in [0.4, 0.5) is 0 Å². The first kappa shape index (κ1) is 13.1. The molecule has 0 amide bonds. The van der Waals surface area contributed by atoms with E-state index in [2.05, 4.69) is 16.5 Å². The van der Waals surface area contributed by atoms with Gasteiger partial charge in [0.05, 0.1) is 5.92 Å². The number of rotatable bonds is 4. The second kappa shape index (κ2) is 6.03. The lowest BCUT2D eigenvalue weighted by atomic mass is 9.94. The number of aromatic nitrogens is 2. The number of hydrogen-bond donors (Lipinski definition) is 1. The summed E-state index contributed by atoms with van der Waals surface area (Å²) in [5.74, 6) is 0.131. The summed E-state index contributed by atoms with van der Waals surface area (Å²) in [6, 6.07) is 0.0917. The summed E-state index contributed by atoms with van der Waals surface area (Å²) in [5, 5.41) is 9.42. The molecule has 0 aliphatic heterocycles. The number of carbonyl (C=O) groups is 1. The number of carboxylic acids is 1. The van der Waals surface area contributed by atoms with Crippen molar-refractivity contribution in [1.29, 1.82) is 0 Å². The monoisotopic (exact) mass is 250 g/mol. The molecule has 1 saturated carbocycles. The lowest BCUT2D eigenvalue weighted by Crippen LogP contribution is -2.26. The Morgan fingerprint density at radius 2 is 2.22 bits per heavy atom. The summed E-state index contributed by atoms with van der Waals surface area (Å²) < 4.78 is 2.12. The molecule has 2 rings (SSSR count). The molecule has 1 aromatic heterocycles. The molecule has 0 spiro atoms. The molecule has 18 heavy (non-hydrogen) atoms. The Bertz CT molecular complexity index is 400. The molecule has 100 valence electrons. The van der Waals surface area contributed by atoms with E-state index in [4.69, 9.17) is 0 Å². The lowest BCUT2D eigenvalue weighted by Gasteiger charge is -2.24. The molecule has 4 nitrogen and oxygen atoms in total. The van der Waals surface area contributed by atoms with Crippen LogP contribution in [0.5, 0.6) is 0 Å². The van der Waals surface area contributed by atoms with Crippen LogP contribution in [-0.4, -0.2) is 20.6 Å². The Morgan fingerprint density at radius 3 is 2.94 bits per heavy atom. The molecule has 1 aliphatic rings. The van der Waals surface area contributed by atoms with Crippen LogP contribution in [0.15, 0.2) is 12.4 Å². The van der Waals surface area contributed by atoms with Crippen molar-refractivity contribution in [2.75, 3.05) is 0 Å². The Kier molecular flexibility index (Phi) is 4.39. The van der Waals surface area contributed by atoms with Crippen LogP contribution >= 0.6 is 0 Å².